The second-order valence-corrected chi connectivity index (χ2v) is 9.25. The van der Waals surface area contributed by atoms with Crippen molar-refractivity contribution in [2.45, 2.75) is 27.2 Å². The fraction of sp³-hybridized carbons (Fsp3) is 0.233. The van der Waals surface area contributed by atoms with Crippen molar-refractivity contribution in [3.05, 3.63) is 89.0 Å². The average molecular weight is 510 g/mol. The molecule has 3 N–H and O–H groups in total. The fourth-order valence-corrected chi connectivity index (χ4v) is 4.72. The van der Waals surface area contributed by atoms with Gasteiger partial charge in [-0.1, -0.05) is 24.3 Å². The first-order valence-electron chi connectivity index (χ1n) is 12.8. The van der Waals surface area contributed by atoms with Crippen LogP contribution in [0.5, 0.6) is 0 Å². The molecule has 8 nitrogen and oxygen atoms in total. The Morgan fingerprint density at radius 3 is 2.74 bits per heavy atom. The Hall–Kier alpha value is -4.43. The van der Waals surface area contributed by atoms with Gasteiger partial charge in [-0.3, -0.25) is 9.59 Å². The van der Waals surface area contributed by atoms with Crippen LogP contribution in [0.2, 0.25) is 0 Å². The van der Waals surface area contributed by atoms with E-state index in [1.807, 2.05) is 92.5 Å². The summed E-state index contributed by atoms with van der Waals surface area (Å²) in [6.45, 7) is 7.53. The van der Waals surface area contributed by atoms with Gasteiger partial charge in [0.15, 0.2) is 0 Å². The van der Waals surface area contributed by atoms with Gasteiger partial charge in [0.25, 0.3) is 11.8 Å². The minimum absolute atomic E-state index is 0.133. The molecule has 1 aliphatic heterocycles. The number of hydrogen-bond donors (Lipinski definition) is 3. The van der Waals surface area contributed by atoms with Gasteiger partial charge in [-0.25, -0.2) is 4.68 Å². The van der Waals surface area contributed by atoms with Crippen molar-refractivity contribution in [2.24, 2.45) is 0 Å². The maximum Gasteiger partial charge on any atom is 0.256 e. The summed E-state index contributed by atoms with van der Waals surface area (Å²) >= 11 is 0. The van der Waals surface area contributed by atoms with Crippen LogP contribution in [-0.2, 0) is 9.53 Å². The van der Waals surface area contributed by atoms with E-state index in [4.69, 9.17) is 4.74 Å². The Bertz CT molecular complexity index is 1510. The van der Waals surface area contributed by atoms with Gasteiger partial charge in [0.05, 0.1) is 23.0 Å². The molecular weight excluding hydrogens is 478 g/mol. The highest BCUT2D eigenvalue weighted by molar-refractivity contribution is 6.35. The van der Waals surface area contributed by atoms with Gasteiger partial charge in [0.2, 0.25) is 0 Å². The Morgan fingerprint density at radius 1 is 1.13 bits per heavy atom. The normalized spacial score (nSPS) is 13.6. The third kappa shape index (κ3) is 5.03. The fourth-order valence-electron chi connectivity index (χ4n) is 4.72. The zero-order valence-corrected chi connectivity index (χ0v) is 21.8. The lowest BCUT2D eigenvalue weighted by Gasteiger charge is -2.06. The first kappa shape index (κ1) is 25.2. The largest absolute Gasteiger partial charge is 0.382 e. The number of hydrogen-bond acceptors (Lipinski definition) is 4. The predicted molar refractivity (Wildman–Crippen MR) is 149 cm³/mol. The van der Waals surface area contributed by atoms with Crippen molar-refractivity contribution in [3.63, 3.8) is 0 Å². The number of ether oxygens (including phenoxy) is 1. The number of carbonyl (C=O) groups is 2. The van der Waals surface area contributed by atoms with Gasteiger partial charge < -0.3 is 20.4 Å². The lowest BCUT2D eigenvalue weighted by atomic mass is 10.00. The van der Waals surface area contributed by atoms with E-state index < -0.39 is 0 Å². The van der Waals surface area contributed by atoms with Crippen molar-refractivity contribution < 1.29 is 14.3 Å². The number of amides is 2. The van der Waals surface area contributed by atoms with Crippen LogP contribution in [-0.4, -0.2) is 46.3 Å². The molecule has 0 radical (unpaired) electrons. The van der Waals surface area contributed by atoms with Crippen molar-refractivity contribution >= 4 is 29.2 Å². The van der Waals surface area contributed by atoms with Crippen LogP contribution >= 0.6 is 0 Å². The molecular formula is C30H31N5O3. The standard InChI is InChI=1S/C30H31N5O3/c1-4-38-14-8-13-31-30(37)28-19(2)27(33-20(28)3)16-25-24-15-21(11-12-26(24)34-29(25)36)22-17-32-35(18-22)23-9-6-5-7-10-23/h5-7,9-12,15-18,33H,4,8,13-14H2,1-3H3,(H,31,37)(H,34,36)/b25-16-. The van der Waals surface area contributed by atoms with Crippen LogP contribution in [0.25, 0.3) is 28.5 Å². The molecule has 4 aromatic rings. The zero-order valence-electron chi connectivity index (χ0n) is 21.8. The number of carbonyl (C=O) groups excluding carboxylic acids is 2. The molecule has 2 aromatic carbocycles. The summed E-state index contributed by atoms with van der Waals surface area (Å²) in [4.78, 5) is 29.1. The minimum Gasteiger partial charge on any atom is -0.382 e. The Kier molecular flexibility index (Phi) is 7.24. The van der Waals surface area contributed by atoms with Gasteiger partial charge in [-0.15, -0.1) is 0 Å². The Morgan fingerprint density at radius 2 is 1.95 bits per heavy atom. The number of fused-ring (bicyclic) bond motifs is 1. The monoisotopic (exact) mass is 509 g/mol. The number of H-pyrrole nitrogens is 1. The van der Waals surface area contributed by atoms with Crippen molar-refractivity contribution in [1.82, 2.24) is 20.1 Å². The van der Waals surface area contributed by atoms with Crippen LogP contribution in [0.1, 0.15) is 46.2 Å². The Balaban J connectivity index is 1.41. The smallest absolute Gasteiger partial charge is 0.256 e. The minimum atomic E-state index is -0.175. The van der Waals surface area contributed by atoms with Crippen molar-refractivity contribution in [3.8, 4) is 16.8 Å². The summed E-state index contributed by atoms with van der Waals surface area (Å²) in [6.07, 6.45) is 6.37. The number of nitrogens with zero attached hydrogens (tertiary/aromatic N) is 2. The predicted octanol–water partition coefficient (Wildman–Crippen LogP) is 5.13. The summed E-state index contributed by atoms with van der Waals surface area (Å²) in [5, 5.41) is 10.4. The highest BCUT2D eigenvalue weighted by atomic mass is 16.5. The third-order valence-electron chi connectivity index (χ3n) is 6.69. The highest BCUT2D eigenvalue weighted by Gasteiger charge is 2.26. The van der Waals surface area contributed by atoms with Crippen LogP contribution in [0.4, 0.5) is 5.69 Å². The van der Waals surface area contributed by atoms with E-state index in [9.17, 15) is 9.59 Å². The van der Waals surface area contributed by atoms with E-state index in [0.29, 0.717) is 30.9 Å². The molecule has 3 heterocycles. The molecule has 2 aromatic heterocycles. The van der Waals surface area contributed by atoms with Crippen LogP contribution < -0.4 is 10.6 Å². The number of aromatic amines is 1. The lowest BCUT2D eigenvalue weighted by molar-refractivity contribution is -0.110. The number of anilines is 1. The zero-order chi connectivity index (χ0) is 26.6. The van der Waals surface area contributed by atoms with Crippen molar-refractivity contribution in [1.29, 1.82) is 0 Å². The first-order valence-corrected chi connectivity index (χ1v) is 12.8. The molecule has 0 unspecified atom stereocenters. The SMILES string of the molecule is CCOCCCNC(=O)c1c(C)[nH]c(/C=C2\C(=O)Nc3ccc(-c4cnn(-c5ccccc5)c4)cc32)c1C. The van der Waals surface area contributed by atoms with Gasteiger partial charge >= 0.3 is 0 Å². The van der Waals surface area contributed by atoms with Crippen molar-refractivity contribution in [2.75, 3.05) is 25.1 Å². The van der Waals surface area contributed by atoms with E-state index in [-0.39, 0.29) is 11.8 Å². The van der Waals surface area contributed by atoms with E-state index >= 15 is 0 Å². The number of aromatic nitrogens is 3. The average Bonchev–Trinajstić information content (AvgIpc) is 3.60. The quantitative estimate of drug-likeness (QED) is 0.215. The summed E-state index contributed by atoms with van der Waals surface area (Å²) in [6, 6.07) is 15.8. The maximum atomic E-state index is 12.9. The van der Waals surface area contributed by atoms with Gasteiger partial charge in [-0.05, 0) is 68.7 Å². The number of benzene rings is 2. The third-order valence-corrected chi connectivity index (χ3v) is 6.69. The molecule has 0 fully saturated rings. The van der Waals surface area contributed by atoms with E-state index in [1.54, 1.807) is 0 Å². The van der Waals surface area contributed by atoms with Crippen LogP contribution in [0.15, 0.2) is 60.9 Å². The Labute approximate surface area is 221 Å². The second kappa shape index (κ2) is 10.9. The molecule has 8 heteroatoms. The summed E-state index contributed by atoms with van der Waals surface area (Å²) in [5.74, 6) is -0.308. The van der Waals surface area contributed by atoms with E-state index in [0.717, 1.165) is 51.4 Å². The highest BCUT2D eigenvalue weighted by Crippen LogP contribution is 2.37. The molecule has 5 rings (SSSR count). The summed E-state index contributed by atoms with van der Waals surface area (Å²) < 4.78 is 7.17. The van der Waals surface area contributed by atoms with Gasteiger partial charge in [0, 0.05) is 54.2 Å². The lowest BCUT2D eigenvalue weighted by Crippen LogP contribution is -2.26. The molecule has 0 atom stereocenters. The summed E-state index contributed by atoms with van der Waals surface area (Å²) in [5.41, 5.74) is 7.91. The van der Waals surface area contributed by atoms with Crippen LogP contribution in [0, 0.1) is 13.8 Å². The van der Waals surface area contributed by atoms with E-state index in [2.05, 4.69) is 20.7 Å². The molecule has 194 valence electrons. The first-order chi connectivity index (χ1) is 18.5. The molecule has 0 spiro atoms. The molecule has 0 bridgehead atoms. The van der Waals surface area contributed by atoms with E-state index in [1.165, 1.54) is 0 Å². The molecule has 2 amide bonds. The molecule has 38 heavy (non-hydrogen) atoms. The number of para-hydroxylation sites is 1. The number of nitrogens with one attached hydrogen (secondary N) is 3. The van der Waals surface area contributed by atoms with Gasteiger partial charge in [0.1, 0.15) is 0 Å². The molecule has 0 saturated carbocycles. The number of rotatable bonds is 9. The molecule has 1 aliphatic rings. The second-order valence-electron chi connectivity index (χ2n) is 9.25. The molecule has 0 aliphatic carbocycles. The maximum absolute atomic E-state index is 12.9. The molecule has 0 saturated heterocycles. The topological polar surface area (TPSA) is 101 Å². The van der Waals surface area contributed by atoms with Gasteiger partial charge in [-0.2, -0.15) is 5.10 Å². The summed E-state index contributed by atoms with van der Waals surface area (Å²) in [7, 11) is 0. The van der Waals surface area contributed by atoms with Crippen LogP contribution in [0.3, 0.4) is 0 Å². The number of aryl methyl sites for hydroxylation is 1.